The molecule has 0 aliphatic heterocycles. The summed E-state index contributed by atoms with van der Waals surface area (Å²) in [5.74, 6) is 0.515. The van der Waals surface area contributed by atoms with Crippen molar-refractivity contribution >= 4 is 11.3 Å². The average Bonchev–Trinajstić information content (AvgIpc) is 2.65. The maximum atomic E-state index is 10.2. The van der Waals surface area contributed by atoms with Crippen LogP contribution in [0.5, 0.6) is 0 Å². The number of aryl methyl sites for hydroxylation is 1. The molecule has 1 nitrogen and oxygen atoms in total. The Balaban J connectivity index is 2.07. The molecular weight excluding hydrogens is 192 g/mol. The Kier molecular flexibility index (Phi) is 3.24. The molecule has 0 amide bonds. The number of rotatable bonds is 2. The highest BCUT2D eigenvalue weighted by Gasteiger charge is 2.24. The van der Waals surface area contributed by atoms with Crippen molar-refractivity contribution in [2.75, 3.05) is 0 Å². The van der Waals surface area contributed by atoms with Gasteiger partial charge in [0.05, 0.1) is 6.10 Å². The summed E-state index contributed by atoms with van der Waals surface area (Å²) in [5.41, 5.74) is 1.26. The fourth-order valence-electron chi connectivity index (χ4n) is 2.35. The monoisotopic (exact) mass is 210 g/mol. The van der Waals surface area contributed by atoms with Crippen LogP contribution in [0.1, 0.15) is 48.6 Å². The highest BCUT2D eigenvalue weighted by Crippen LogP contribution is 2.37. The number of hydrogen-bond acceptors (Lipinski definition) is 2. The van der Waals surface area contributed by atoms with E-state index in [-0.39, 0.29) is 6.10 Å². The molecule has 14 heavy (non-hydrogen) atoms. The zero-order valence-electron chi connectivity index (χ0n) is 8.70. The van der Waals surface area contributed by atoms with Gasteiger partial charge in [-0.05, 0) is 42.7 Å². The first kappa shape index (κ1) is 10.2. The highest BCUT2D eigenvalue weighted by atomic mass is 32.1. The Labute approximate surface area is 89.8 Å². The molecule has 78 valence electrons. The molecule has 1 N–H and O–H groups in total. The second kappa shape index (κ2) is 4.45. The van der Waals surface area contributed by atoms with Gasteiger partial charge in [0.1, 0.15) is 0 Å². The molecule has 1 heterocycles. The molecule has 1 aromatic heterocycles. The molecule has 2 rings (SSSR count). The van der Waals surface area contributed by atoms with Gasteiger partial charge in [-0.25, -0.2) is 0 Å². The molecule has 1 aliphatic rings. The van der Waals surface area contributed by atoms with Gasteiger partial charge in [0.2, 0.25) is 0 Å². The van der Waals surface area contributed by atoms with Crippen LogP contribution in [0.15, 0.2) is 11.4 Å². The van der Waals surface area contributed by atoms with Gasteiger partial charge in [0, 0.05) is 4.88 Å². The molecule has 0 saturated heterocycles. The van der Waals surface area contributed by atoms with Gasteiger partial charge >= 0.3 is 0 Å². The normalized spacial score (nSPS) is 21.0. The van der Waals surface area contributed by atoms with Crippen molar-refractivity contribution in [1.82, 2.24) is 0 Å². The molecule has 2 heteroatoms. The second-order valence-corrected chi connectivity index (χ2v) is 5.26. The van der Waals surface area contributed by atoms with Crippen LogP contribution in [-0.2, 0) is 0 Å². The molecule has 1 saturated carbocycles. The maximum absolute atomic E-state index is 10.2. The van der Waals surface area contributed by atoms with Crippen LogP contribution in [0, 0.1) is 12.8 Å². The predicted molar refractivity (Wildman–Crippen MR) is 60.6 cm³/mol. The minimum Gasteiger partial charge on any atom is -0.387 e. The molecule has 1 aromatic rings. The van der Waals surface area contributed by atoms with Crippen LogP contribution in [0.25, 0.3) is 0 Å². The van der Waals surface area contributed by atoms with Crippen LogP contribution >= 0.6 is 11.3 Å². The minimum atomic E-state index is -0.199. The topological polar surface area (TPSA) is 20.2 Å². The fraction of sp³-hybridized carbons (Fsp3) is 0.667. The lowest BCUT2D eigenvalue weighted by molar-refractivity contribution is 0.0874. The van der Waals surface area contributed by atoms with E-state index in [4.69, 9.17) is 0 Å². The Hall–Kier alpha value is -0.340. The molecule has 0 bridgehead atoms. The maximum Gasteiger partial charge on any atom is 0.0912 e. The summed E-state index contributed by atoms with van der Waals surface area (Å²) in [4.78, 5) is 1.19. The van der Waals surface area contributed by atoms with Gasteiger partial charge in [-0.2, -0.15) is 0 Å². The third kappa shape index (κ3) is 2.01. The van der Waals surface area contributed by atoms with E-state index in [1.54, 1.807) is 11.3 Å². The van der Waals surface area contributed by atoms with E-state index in [0.29, 0.717) is 5.92 Å². The molecule has 0 spiro atoms. The standard InChI is InChI=1S/C12H18OS/c1-9-7-8-14-12(9)11(13)10-5-3-2-4-6-10/h7-8,10-11,13H,2-6H2,1H3. The smallest absolute Gasteiger partial charge is 0.0912 e. The van der Waals surface area contributed by atoms with Crippen molar-refractivity contribution in [3.05, 3.63) is 21.9 Å². The van der Waals surface area contributed by atoms with Crippen molar-refractivity contribution in [2.24, 2.45) is 5.92 Å². The van der Waals surface area contributed by atoms with Gasteiger partial charge in [-0.15, -0.1) is 11.3 Å². The van der Waals surface area contributed by atoms with Crippen LogP contribution < -0.4 is 0 Å². The zero-order valence-corrected chi connectivity index (χ0v) is 9.52. The zero-order chi connectivity index (χ0) is 9.97. The fourth-order valence-corrected chi connectivity index (χ4v) is 3.36. The first-order valence-electron chi connectivity index (χ1n) is 5.51. The quantitative estimate of drug-likeness (QED) is 0.789. The summed E-state index contributed by atoms with van der Waals surface area (Å²) in [6.45, 7) is 2.10. The molecule has 1 atom stereocenters. The SMILES string of the molecule is Cc1ccsc1C(O)C1CCCCC1. The molecule has 1 fully saturated rings. The average molecular weight is 210 g/mol. The highest BCUT2D eigenvalue weighted by molar-refractivity contribution is 7.10. The van der Waals surface area contributed by atoms with E-state index in [9.17, 15) is 5.11 Å². The first-order chi connectivity index (χ1) is 6.79. The van der Waals surface area contributed by atoms with Crippen molar-refractivity contribution in [3.63, 3.8) is 0 Å². The van der Waals surface area contributed by atoms with Crippen LogP contribution in [0.4, 0.5) is 0 Å². The second-order valence-electron chi connectivity index (χ2n) is 4.31. The van der Waals surface area contributed by atoms with Crippen LogP contribution in [-0.4, -0.2) is 5.11 Å². The van der Waals surface area contributed by atoms with Crippen molar-refractivity contribution in [2.45, 2.75) is 45.1 Å². The van der Waals surface area contributed by atoms with Gasteiger partial charge in [-0.1, -0.05) is 19.3 Å². The summed E-state index contributed by atoms with van der Waals surface area (Å²) in [6, 6.07) is 2.10. The van der Waals surface area contributed by atoms with Gasteiger partial charge in [-0.3, -0.25) is 0 Å². The number of hydrogen-bond donors (Lipinski definition) is 1. The lowest BCUT2D eigenvalue weighted by atomic mass is 9.84. The molecule has 0 aromatic carbocycles. The third-order valence-electron chi connectivity index (χ3n) is 3.27. The van der Waals surface area contributed by atoms with Gasteiger partial charge < -0.3 is 5.11 Å². The van der Waals surface area contributed by atoms with Crippen molar-refractivity contribution in [1.29, 1.82) is 0 Å². The summed E-state index contributed by atoms with van der Waals surface area (Å²) >= 11 is 1.70. The van der Waals surface area contributed by atoms with Crippen LogP contribution in [0.2, 0.25) is 0 Å². The van der Waals surface area contributed by atoms with Crippen molar-refractivity contribution in [3.8, 4) is 0 Å². The Morgan fingerprint density at radius 1 is 1.36 bits per heavy atom. The lowest BCUT2D eigenvalue weighted by Gasteiger charge is -2.26. The summed E-state index contributed by atoms with van der Waals surface area (Å²) in [6.07, 6.45) is 6.16. The minimum absolute atomic E-state index is 0.199. The van der Waals surface area contributed by atoms with E-state index in [0.717, 1.165) is 0 Å². The molecular formula is C12H18OS. The Morgan fingerprint density at radius 2 is 2.07 bits per heavy atom. The van der Waals surface area contributed by atoms with E-state index < -0.39 is 0 Å². The Morgan fingerprint density at radius 3 is 2.64 bits per heavy atom. The number of aliphatic hydroxyl groups is 1. The summed E-state index contributed by atoms with van der Waals surface area (Å²) < 4.78 is 0. The Bertz CT molecular complexity index is 286. The summed E-state index contributed by atoms with van der Waals surface area (Å²) in [5, 5.41) is 12.3. The van der Waals surface area contributed by atoms with E-state index >= 15 is 0 Å². The predicted octanol–water partition coefficient (Wildman–Crippen LogP) is 3.67. The van der Waals surface area contributed by atoms with E-state index in [1.807, 2.05) is 0 Å². The van der Waals surface area contributed by atoms with Gasteiger partial charge in [0.25, 0.3) is 0 Å². The summed E-state index contributed by atoms with van der Waals surface area (Å²) in [7, 11) is 0. The third-order valence-corrected chi connectivity index (χ3v) is 4.36. The molecule has 1 aliphatic carbocycles. The largest absolute Gasteiger partial charge is 0.387 e. The molecule has 0 radical (unpaired) electrons. The van der Waals surface area contributed by atoms with E-state index in [1.165, 1.54) is 42.5 Å². The lowest BCUT2D eigenvalue weighted by Crippen LogP contribution is -2.15. The van der Waals surface area contributed by atoms with E-state index in [2.05, 4.69) is 18.4 Å². The van der Waals surface area contributed by atoms with Gasteiger partial charge in [0.15, 0.2) is 0 Å². The molecule has 1 unspecified atom stereocenters. The first-order valence-corrected chi connectivity index (χ1v) is 6.39. The van der Waals surface area contributed by atoms with Crippen LogP contribution in [0.3, 0.4) is 0 Å². The number of thiophene rings is 1. The van der Waals surface area contributed by atoms with Crippen molar-refractivity contribution < 1.29 is 5.11 Å². The number of aliphatic hydroxyl groups excluding tert-OH is 1.